The topological polar surface area (TPSA) is 52.0 Å². The maximum Gasteiger partial charge on any atom is 0.228 e. The van der Waals surface area contributed by atoms with Crippen molar-refractivity contribution >= 4 is 51.6 Å². The summed E-state index contributed by atoms with van der Waals surface area (Å²) in [5.41, 5.74) is 7.98. The summed E-state index contributed by atoms with van der Waals surface area (Å²) in [6, 6.07) is 8.37. The molecule has 96 valence electrons. The highest BCUT2D eigenvalue weighted by Gasteiger charge is 2.14. The van der Waals surface area contributed by atoms with E-state index in [-0.39, 0.29) is 0 Å². The van der Waals surface area contributed by atoms with E-state index in [1.807, 2.05) is 0 Å². The van der Waals surface area contributed by atoms with Crippen LogP contribution in [-0.2, 0) is 0 Å². The molecule has 0 spiro atoms. The number of nitrogens with zero attached hydrogens (tertiary/aromatic N) is 1. The molecule has 0 aliphatic heterocycles. The van der Waals surface area contributed by atoms with E-state index >= 15 is 0 Å². The highest BCUT2D eigenvalue weighted by molar-refractivity contribution is 6.38. The molecule has 0 fully saturated rings. The van der Waals surface area contributed by atoms with E-state index < -0.39 is 0 Å². The van der Waals surface area contributed by atoms with E-state index in [4.69, 9.17) is 45.0 Å². The number of rotatable bonds is 1. The lowest BCUT2D eigenvalue weighted by Gasteiger charge is -2.00. The van der Waals surface area contributed by atoms with Crippen molar-refractivity contribution in [2.75, 3.05) is 5.73 Å². The first kappa shape index (κ1) is 12.6. The first-order valence-electron chi connectivity index (χ1n) is 5.35. The Morgan fingerprint density at radius 1 is 1.00 bits per heavy atom. The number of fused-ring (bicyclic) bond motifs is 1. The third kappa shape index (κ3) is 2.25. The molecule has 6 heteroatoms. The third-order valence-corrected chi connectivity index (χ3v) is 3.46. The maximum atomic E-state index is 6.11. The van der Waals surface area contributed by atoms with Gasteiger partial charge in [0.05, 0.1) is 15.6 Å². The summed E-state index contributed by atoms with van der Waals surface area (Å²) in [5.74, 6) is 0.358. The van der Waals surface area contributed by atoms with Gasteiger partial charge < -0.3 is 10.2 Å². The van der Waals surface area contributed by atoms with Crippen LogP contribution in [0.25, 0.3) is 22.6 Å². The Morgan fingerprint density at radius 2 is 1.79 bits per heavy atom. The molecular formula is C13H7Cl3N2O. The largest absolute Gasteiger partial charge is 0.434 e. The molecule has 0 saturated heterocycles. The summed E-state index contributed by atoms with van der Waals surface area (Å²) in [6.45, 7) is 0. The second-order valence-electron chi connectivity index (χ2n) is 3.99. The molecule has 3 nitrogen and oxygen atoms in total. The quantitative estimate of drug-likeness (QED) is 0.640. The van der Waals surface area contributed by atoms with Gasteiger partial charge in [-0.05, 0) is 30.3 Å². The zero-order chi connectivity index (χ0) is 13.6. The Hall–Kier alpha value is -1.42. The zero-order valence-corrected chi connectivity index (χ0v) is 11.7. The van der Waals surface area contributed by atoms with Crippen molar-refractivity contribution < 1.29 is 4.42 Å². The van der Waals surface area contributed by atoms with Crippen molar-refractivity contribution in [1.82, 2.24) is 4.98 Å². The van der Waals surface area contributed by atoms with E-state index in [0.29, 0.717) is 43.3 Å². The summed E-state index contributed by atoms with van der Waals surface area (Å²) in [4.78, 5) is 4.33. The molecule has 2 aromatic carbocycles. The minimum absolute atomic E-state index is 0.358. The Bertz CT molecular complexity index is 783. The summed E-state index contributed by atoms with van der Waals surface area (Å²) in [6.07, 6.45) is 0. The number of nitrogen functional groups attached to an aromatic ring is 1. The summed E-state index contributed by atoms with van der Waals surface area (Å²) in [7, 11) is 0. The van der Waals surface area contributed by atoms with Crippen LogP contribution in [0.4, 0.5) is 5.69 Å². The van der Waals surface area contributed by atoms with Gasteiger partial charge in [0.25, 0.3) is 0 Å². The van der Waals surface area contributed by atoms with Crippen LogP contribution in [0.3, 0.4) is 0 Å². The second kappa shape index (κ2) is 4.60. The minimum atomic E-state index is 0.358. The van der Waals surface area contributed by atoms with E-state index in [2.05, 4.69) is 4.98 Å². The molecule has 1 heterocycles. The molecule has 3 rings (SSSR count). The predicted molar refractivity (Wildman–Crippen MR) is 78.9 cm³/mol. The lowest BCUT2D eigenvalue weighted by molar-refractivity contribution is 0.620. The molecule has 0 saturated carbocycles. The minimum Gasteiger partial charge on any atom is -0.434 e. The summed E-state index contributed by atoms with van der Waals surface area (Å²) in [5, 5.41) is 1.40. The number of hydrogen-bond donors (Lipinski definition) is 1. The Balaban J connectivity index is 2.26. The fourth-order valence-corrected chi connectivity index (χ4v) is 2.50. The van der Waals surface area contributed by atoms with Crippen molar-refractivity contribution in [3.05, 3.63) is 45.4 Å². The van der Waals surface area contributed by atoms with Crippen molar-refractivity contribution in [2.45, 2.75) is 0 Å². The number of nitrogens with two attached hydrogens (primary N) is 1. The van der Waals surface area contributed by atoms with Gasteiger partial charge in [-0.2, -0.15) is 0 Å². The van der Waals surface area contributed by atoms with Crippen LogP contribution in [-0.4, -0.2) is 4.98 Å². The van der Waals surface area contributed by atoms with Gasteiger partial charge in [-0.3, -0.25) is 0 Å². The maximum absolute atomic E-state index is 6.11. The Kier molecular flexibility index (Phi) is 3.05. The highest BCUT2D eigenvalue weighted by atomic mass is 35.5. The molecule has 0 radical (unpaired) electrons. The molecule has 1 aromatic heterocycles. The number of anilines is 1. The molecule has 0 unspecified atom stereocenters. The average Bonchev–Trinajstić information content (AvgIpc) is 2.76. The van der Waals surface area contributed by atoms with Crippen molar-refractivity contribution in [3.8, 4) is 11.5 Å². The molecule has 0 bridgehead atoms. The van der Waals surface area contributed by atoms with Crippen LogP contribution in [0.15, 0.2) is 34.7 Å². The molecule has 3 aromatic rings. The SMILES string of the molecule is Nc1ccc(Cl)c(-c2nc3cc(Cl)cc(Cl)c3o2)c1. The lowest BCUT2D eigenvalue weighted by Crippen LogP contribution is -1.86. The lowest BCUT2D eigenvalue weighted by atomic mass is 10.2. The van der Waals surface area contributed by atoms with Gasteiger partial charge in [0.1, 0.15) is 5.52 Å². The van der Waals surface area contributed by atoms with Crippen LogP contribution in [0.2, 0.25) is 15.1 Å². The number of oxazole rings is 1. The molecule has 0 atom stereocenters. The molecule has 0 aliphatic rings. The normalized spacial score (nSPS) is 11.1. The van der Waals surface area contributed by atoms with Gasteiger partial charge >= 0.3 is 0 Å². The Morgan fingerprint density at radius 3 is 2.58 bits per heavy atom. The highest BCUT2D eigenvalue weighted by Crippen LogP contribution is 2.35. The van der Waals surface area contributed by atoms with Gasteiger partial charge in [0.2, 0.25) is 5.89 Å². The first-order chi connectivity index (χ1) is 9.04. The van der Waals surface area contributed by atoms with Gasteiger partial charge in [-0.15, -0.1) is 0 Å². The number of benzene rings is 2. The zero-order valence-electron chi connectivity index (χ0n) is 9.45. The average molecular weight is 314 g/mol. The van der Waals surface area contributed by atoms with Crippen LogP contribution in [0.1, 0.15) is 0 Å². The molecule has 19 heavy (non-hydrogen) atoms. The van der Waals surface area contributed by atoms with Crippen LogP contribution < -0.4 is 5.73 Å². The van der Waals surface area contributed by atoms with Gasteiger partial charge in [-0.1, -0.05) is 34.8 Å². The fraction of sp³-hybridized carbons (Fsp3) is 0. The summed E-state index contributed by atoms with van der Waals surface area (Å²) >= 11 is 18.1. The van der Waals surface area contributed by atoms with E-state index in [1.165, 1.54) is 0 Å². The predicted octanol–water partition coefficient (Wildman–Crippen LogP) is 5.04. The van der Waals surface area contributed by atoms with Crippen LogP contribution in [0, 0.1) is 0 Å². The van der Waals surface area contributed by atoms with Gasteiger partial charge in [0, 0.05) is 10.7 Å². The van der Waals surface area contributed by atoms with Crippen LogP contribution >= 0.6 is 34.8 Å². The molecular weight excluding hydrogens is 307 g/mol. The second-order valence-corrected chi connectivity index (χ2v) is 5.24. The molecule has 0 aliphatic carbocycles. The Labute approximate surface area is 123 Å². The summed E-state index contributed by atoms with van der Waals surface area (Å²) < 4.78 is 5.63. The number of halogens is 3. The van der Waals surface area contributed by atoms with Crippen molar-refractivity contribution in [2.24, 2.45) is 0 Å². The smallest absolute Gasteiger partial charge is 0.228 e. The fourth-order valence-electron chi connectivity index (χ4n) is 1.78. The molecule has 0 amide bonds. The van der Waals surface area contributed by atoms with Crippen LogP contribution in [0.5, 0.6) is 0 Å². The van der Waals surface area contributed by atoms with Gasteiger partial charge in [0.15, 0.2) is 5.58 Å². The number of aromatic nitrogens is 1. The van der Waals surface area contributed by atoms with Gasteiger partial charge in [-0.25, -0.2) is 4.98 Å². The standard InChI is InChI=1S/C13H7Cl3N2O/c14-6-3-10(16)12-11(4-6)18-13(19-12)8-5-7(17)1-2-9(8)15/h1-5H,17H2. The van der Waals surface area contributed by atoms with E-state index in [0.717, 1.165) is 0 Å². The third-order valence-electron chi connectivity index (χ3n) is 2.63. The first-order valence-corrected chi connectivity index (χ1v) is 6.49. The van der Waals surface area contributed by atoms with Crippen molar-refractivity contribution in [1.29, 1.82) is 0 Å². The van der Waals surface area contributed by atoms with Crippen molar-refractivity contribution in [3.63, 3.8) is 0 Å². The van der Waals surface area contributed by atoms with E-state index in [1.54, 1.807) is 30.3 Å². The molecule has 2 N–H and O–H groups in total. The monoisotopic (exact) mass is 312 g/mol. The van der Waals surface area contributed by atoms with E-state index in [9.17, 15) is 0 Å². The number of hydrogen-bond acceptors (Lipinski definition) is 3.